The van der Waals surface area contributed by atoms with Crippen molar-refractivity contribution in [2.45, 2.75) is 288 Å². The number of alkyl carbamates (subject to hydrolysis) is 1. The van der Waals surface area contributed by atoms with Gasteiger partial charge in [0.2, 0.25) is 16.9 Å². The molecule has 26 nitrogen and oxygen atoms in total. The van der Waals surface area contributed by atoms with Crippen LogP contribution in [0.4, 0.5) is 4.79 Å². The molecule has 1 saturated carbocycles. The van der Waals surface area contributed by atoms with Crippen LogP contribution in [0.15, 0.2) is 58.4 Å². The molecule has 0 radical (unpaired) electrons. The zero-order valence-electron chi connectivity index (χ0n) is 57.0. The summed E-state index contributed by atoms with van der Waals surface area (Å²) in [6, 6.07) is -1.12. The number of Topliss-reactive ketones (excluding diaryl/α,β-unsaturated/α-hetero) is 1. The lowest BCUT2D eigenvalue weighted by atomic mass is 9.49. The van der Waals surface area contributed by atoms with E-state index in [2.05, 4.69) is 25.2 Å². The van der Waals surface area contributed by atoms with Crippen molar-refractivity contribution in [1.82, 2.24) is 5.32 Å². The Bertz CT molecular complexity index is 3010. The largest absolute Gasteiger partial charge is 0.511 e. The second-order valence-electron chi connectivity index (χ2n) is 29.2. The molecule has 1 amide bonds. The topological polar surface area (TPSA) is 341 Å². The van der Waals surface area contributed by atoms with E-state index in [0.717, 1.165) is 12.7 Å². The van der Waals surface area contributed by atoms with Gasteiger partial charge in [0.1, 0.15) is 35.9 Å². The van der Waals surface area contributed by atoms with Gasteiger partial charge in [-0.1, -0.05) is 71.4 Å². The van der Waals surface area contributed by atoms with Gasteiger partial charge in [-0.2, -0.15) is 0 Å². The van der Waals surface area contributed by atoms with E-state index in [1.807, 2.05) is 39.8 Å². The van der Waals surface area contributed by atoms with Crippen molar-refractivity contribution in [2.24, 2.45) is 46.8 Å². The molecule has 6 aliphatic heterocycles. The van der Waals surface area contributed by atoms with Gasteiger partial charge in [0.25, 0.3) is 0 Å². The summed E-state index contributed by atoms with van der Waals surface area (Å²) in [5, 5.41) is 62.1. The number of aliphatic hydroxyl groups is 4. The second kappa shape index (κ2) is 29.0. The summed E-state index contributed by atoms with van der Waals surface area (Å²) in [6.45, 7) is 23.3. The van der Waals surface area contributed by atoms with E-state index in [4.69, 9.17) is 61.6 Å². The minimum absolute atomic E-state index is 0.0133. The van der Waals surface area contributed by atoms with Gasteiger partial charge in [0, 0.05) is 72.7 Å². The fourth-order valence-electron chi connectivity index (χ4n) is 16.9. The number of aldehydes is 1. The summed E-state index contributed by atoms with van der Waals surface area (Å²) in [4.78, 5) is 81.3. The van der Waals surface area contributed by atoms with E-state index in [1.54, 1.807) is 47.6 Å². The van der Waals surface area contributed by atoms with Gasteiger partial charge >= 0.3 is 18.0 Å². The molecular formula is C69H100N2O24. The van der Waals surface area contributed by atoms with Crippen molar-refractivity contribution >= 4 is 30.1 Å². The summed E-state index contributed by atoms with van der Waals surface area (Å²) in [6.07, 6.45) is -4.28. The Kier molecular flexibility index (Phi) is 22.2. The molecule has 6 heterocycles. The molecule has 5 N–H and O–H groups in total. The highest BCUT2D eigenvalue weighted by atomic mass is 16.8. The van der Waals surface area contributed by atoms with Crippen molar-refractivity contribution in [3.05, 3.63) is 68.5 Å². The van der Waals surface area contributed by atoms with Gasteiger partial charge in [-0.25, -0.2) is 9.59 Å². The molecule has 95 heavy (non-hydrogen) atoms. The molecule has 0 aromatic heterocycles. The number of nitro groups is 1. The number of hydrogen-bond donors (Lipinski definition) is 5. The van der Waals surface area contributed by atoms with Crippen LogP contribution in [0.25, 0.3) is 0 Å². The Labute approximate surface area is 555 Å². The normalized spacial score (nSPS) is 47.5. The molecule has 6 saturated heterocycles. The number of rotatable bonds is 15. The lowest BCUT2D eigenvalue weighted by Gasteiger charge is -2.56. The smallest absolute Gasteiger partial charge is 0.407 e. The highest BCUT2D eigenvalue weighted by Gasteiger charge is 2.64. The van der Waals surface area contributed by atoms with Crippen LogP contribution in [0.5, 0.6) is 0 Å². The minimum Gasteiger partial charge on any atom is -0.511 e. The minimum atomic E-state index is -2.27. The first-order chi connectivity index (χ1) is 44.8. The van der Waals surface area contributed by atoms with E-state index >= 15 is 4.79 Å². The van der Waals surface area contributed by atoms with Gasteiger partial charge in [0.05, 0.1) is 86.6 Å². The number of carbonyl (C=O) groups excluding carboxylic acids is 5. The number of hydrogen-bond acceptors (Lipinski definition) is 24. The summed E-state index contributed by atoms with van der Waals surface area (Å²) >= 11 is 0. The number of nitrogens with zero attached hydrogens (tertiary/aromatic N) is 1. The Morgan fingerprint density at radius 2 is 1.35 bits per heavy atom. The number of carbonyl (C=O) groups is 5. The molecule has 0 aromatic carbocycles. The monoisotopic (exact) mass is 1340 g/mol. The Balaban J connectivity index is 0.914. The fraction of sp³-hybridized carbons (Fsp3) is 0.783. The van der Waals surface area contributed by atoms with E-state index in [1.165, 1.54) is 13.0 Å². The molecule has 0 aromatic rings. The van der Waals surface area contributed by atoms with Crippen LogP contribution in [0.1, 0.15) is 154 Å². The van der Waals surface area contributed by atoms with E-state index in [9.17, 15) is 49.7 Å². The third-order valence-corrected chi connectivity index (χ3v) is 22.1. The van der Waals surface area contributed by atoms with Crippen LogP contribution < -0.4 is 5.32 Å². The van der Waals surface area contributed by atoms with Crippen molar-refractivity contribution < 1.29 is 111 Å². The van der Waals surface area contributed by atoms with E-state index < -0.39 is 216 Å². The van der Waals surface area contributed by atoms with Crippen LogP contribution in [0.3, 0.4) is 0 Å². The molecule has 10 aliphatic rings. The molecule has 29 atom stereocenters. The molecular weight excluding hydrogens is 1240 g/mol. The highest BCUT2D eigenvalue weighted by Crippen LogP contribution is 2.61. The van der Waals surface area contributed by atoms with Crippen molar-refractivity contribution in [2.75, 3.05) is 7.11 Å². The zero-order chi connectivity index (χ0) is 69.1. The summed E-state index contributed by atoms with van der Waals surface area (Å²) in [7, 11) is 1.15. The predicted molar refractivity (Wildman–Crippen MR) is 334 cm³/mol. The predicted octanol–water partition coefficient (Wildman–Crippen LogP) is 7.00. The van der Waals surface area contributed by atoms with E-state index in [0.29, 0.717) is 38.4 Å². The number of ketones is 1. The lowest BCUT2D eigenvalue weighted by Crippen LogP contribution is -2.66. The summed E-state index contributed by atoms with van der Waals surface area (Å²) < 4.78 is 82.1. The van der Waals surface area contributed by atoms with Crippen molar-refractivity contribution in [3.8, 4) is 0 Å². The fourth-order valence-corrected chi connectivity index (χ4v) is 16.9. The molecule has 4 aliphatic carbocycles. The van der Waals surface area contributed by atoms with Crippen molar-refractivity contribution in [3.63, 3.8) is 0 Å². The molecule has 2 bridgehead atoms. The first-order valence-corrected chi connectivity index (χ1v) is 34.0. The van der Waals surface area contributed by atoms with Gasteiger partial charge in [-0.05, 0) is 96.6 Å². The van der Waals surface area contributed by atoms with Crippen LogP contribution >= 0.6 is 0 Å². The molecule has 1 spiro atoms. The zero-order valence-corrected chi connectivity index (χ0v) is 57.0. The molecule has 7 fully saturated rings. The average Bonchev–Trinajstić information content (AvgIpc) is 1.52. The number of esters is 2. The Morgan fingerprint density at radius 3 is 2.00 bits per heavy atom. The van der Waals surface area contributed by atoms with Crippen LogP contribution in [0.2, 0.25) is 0 Å². The lowest BCUT2D eigenvalue weighted by molar-refractivity contribution is -0.584. The van der Waals surface area contributed by atoms with Gasteiger partial charge in [-0.15, -0.1) is 0 Å². The van der Waals surface area contributed by atoms with Gasteiger partial charge in [0.15, 0.2) is 37.6 Å². The number of nitrogens with one attached hydrogen (secondary N) is 1. The number of allylic oxidation sites excluding steroid dienone is 3. The maximum Gasteiger partial charge on any atom is 0.407 e. The number of fused-ring (bicyclic) bond motifs is 4. The highest BCUT2D eigenvalue weighted by molar-refractivity contribution is 6.27. The Hall–Kier alpha value is -5.07. The number of amides is 1. The molecule has 530 valence electrons. The standard InChI is InChI=1S/C69H100N2O24/c1-31(2)64(78)94-60-39(10)87-54(27-50(60)91-51-22-20-49(37(8)85-51)90-53-26-47(75)59(38(9)86-53)92-52-21-18-45(73)36(7)84-52)93-58-35(6)23-34(5)57-42(58)16-17-43-32(3)15-19-48(89-55-29-67(12,71(81)82)61(40(11)88-55)70-66(80)83-14)33(4)24-44-46(74)25-41(30-72)28-69(44)63(77)56(65(79)95-69)62(76)68(43,57)13/h15-17,24-25,30-31,33-40,42-43,45-55,57-61,73-76H,18-23,26-29H2,1-14H3,(H,70,80)/b32-15+,44-24-,62-56-/t33?,34?,35-,36-,37-,38-,39-,40+,42-,43-,45+,46?,47+,48-,49+,50+,51-,52-,53-,54-,55-,57+,58-,59-,60-,61+,67-,68+,69-/m0/s1. The van der Waals surface area contributed by atoms with E-state index in [-0.39, 0.29) is 48.7 Å². The van der Waals surface area contributed by atoms with Gasteiger partial charge < -0.3 is 87.3 Å². The second-order valence-corrected chi connectivity index (χ2v) is 29.2. The number of ether oxygens (including phenoxy) is 13. The van der Waals surface area contributed by atoms with Crippen LogP contribution in [-0.2, 0) is 80.8 Å². The van der Waals surface area contributed by atoms with Crippen LogP contribution in [-0.4, -0.2) is 197 Å². The van der Waals surface area contributed by atoms with Gasteiger partial charge in [-0.3, -0.25) is 24.5 Å². The molecule has 3 unspecified atom stereocenters. The number of aliphatic hydroxyl groups excluding tert-OH is 4. The number of methoxy groups -OCH3 is 1. The SMILES string of the molecule is COC(=O)N[C@@H]1[C@@H](C)O[C@@H](O[C@H]2C/C=C(\C)[C@@H]3C=C[C@@H]4[C@@H](O[C@H]5C[C@@H](O[C@H]6CC[C@@H](O[C@H]7C[C@@H](O)[C@@H](O[C@H]8CC[C@@H](O)[C@H](C)O8)[C@H](C)O7)[C@H](C)O6)[C@@H](OC(=O)C(C)C)[C@H](C)O5)[C@@H](C)CC(C)[C@H]4[C@]3(C)/C(O)=C3/C(=O)O[C@]4(CC(C=O)=CC(O)/C4=C/C2C)C3=O)C[C@]1(C)[N+](=O)[O-]. The van der Waals surface area contributed by atoms with Crippen LogP contribution in [0, 0.1) is 57.0 Å². The molecule has 10 rings (SSSR count). The average molecular weight is 1340 g/mol. The summed E-state index contributed by atoms with van der Waals surface area (Å²) in [5.41, 5.74) is -5.49. The Morgan fingerprint density at radius 1 is 0.726 bits per heavy atom. The first kappa shape index (κ1) is 72.7. The maximum absolute atomic E-state index is 15.6. The molecule has 26 heteroatoms. The quantitative estimate of drug-likeness (QED) is 0.0209. The first-order valence-electron chi connectivity index (χ1n) is 34.0. The third kappa shape index (κ3) is 14.4. The van der Waals surface area contributed by atoms with Crippen molar-refractivity contribution in [1.29, 1.82) is 0 Å². The summed E-state index contributed by atoms with van der Waals surface area (Å²) in [5.74, 6) is -6.33. The maximum atomic E-state index is 15.6. The third-order valence-electron chi connectivity index (χ3n) is 22.1.